The highest BCUT2D eigenvalue weighted by Gasteiger charge is 2.23. The topological polar surface area (TPSA) is 75.3 Å². The van der Waals surface area contributed by atoms with Gasteiger partial charge in [-0.25, -0.2) is 13.1 Å². The number of carbonyl (C=O) groups is 1. The number of halogens is 1. The van der Waals surface area contributed by atoms with Gasteiger partial charge in [-0.1, -0.05) is 42.6 Å². The Morgan fingerprint density at radius 3 is 2.48 bits per heavy atom. The molecule has 1 amide bonds. The summed E-state index contributed by atoms with van der Waals surface area (Å²) in [6, 6.07) is 13.6. The predicted molar refractivity (Wildman–Crippen MR) is 107 cm³/mol. The van der Waals surface area contributed by atoms with Crippen molar-refractivity contribution in [3.05, 3.63) is 64.7 Å². The molecule has 0 aliphatic heterocycles. The first kappa shape index (κ1) is 19.9. The third-order valence-corrected chi connectivity index (χ3v) is 6.47. The SMILES string of the molecule is O=C(NCCc1ccc(Cl)cc1)c1cccc(S(=O)(=O)NC2CCCC2)c1. The maximum absolute atomic E-state index is 12.5. The van der Waals surface area contributed by atoms with Crippen molar-refractivity contribution in [3.63, 3.8) is 0 Å². The van der Waals surface area contributed by atoms with Crippen LogP contribution < -0.4 is 10.0 Å². The molecule has 2 aromatic carbocycles. The summed E-state index contributed by atoms with van der Waals surface area (Å²) in [5, 5.41) is 3.50. The molecule has 0 unspecified atom stereocenters. The van der Waals surface area contributed by atoms with E-state index in [4.69, 9.17) is 11.6 Å². The van der Waals surface area contributed by atoms with E-state index >= 15 is 0 Å². The zero-order valence-electron chi connectivity index (χ0n) is 14.9. The highest BCUT2D eigenvalue weighted by atomic mass is 35.5. The minimum Gasteiger partial charge on any atom is -0.352 e. The van der Waals surface area contributed by atoms with Gasteiger partial charge in [0.25, 0.3) is 5.91 Å². The third kappa shape index (κ3) is 5.54. The molecule has 0 spiro atoms. The number of amides is 1. The van der Waals surface area contributed by atoms with Crippen molar-refractivity contribution in [2.24, 2.45) is 0 Å². The molecule has 0 bridgehead atoms. The van der Waals surface area contributed by atoms with Crippen LogP contribution in [0.3, 0.4) is 0 Å². The number of hydrogen-bond donors (Lipinski definition) is 2. The fraction of sp³-hybridized carbons (Fsp3) is 0.350. The van der Waals surface area contributed by atoms with Crippen molar-refractivity contribution in [2.45, 2.75) is 43.0 Å². The van der Waals surface area contributed by atoms with Crippen LogP contribution in [0.2, 0.25) is 5.02 Å². The Morgan fingerprint density at radius 2 is 1.78 bits per heavy atom. The molecule has 3 rings (SSSR count). The number of benzene rings is 2. The normalized spacial score (nSPS) is 15.0. The van der Waals surface area contributed by atoms with Crippen LogP contribution in [0.4, 0.5) is 0 Å². The van der Waals surface area contributed by atoms with Crippen LogP contribution in [-0.2, 0) is 16.4 Å². The van der Waals surface area contributed by atoms with Gasteiger partial charge in [0.05, 0.1) is 4.90 Å². The second kappa shape index (κ2) is 8.87. The summed E-state index contributed by atoms with van der Waals surface area (Å²) < 4.78 is 27.8. The lowest BCUT2D eigenvalue weighted by atomic mass is 10.1. The smallest absolute Gasteiger partial charge is 0.251 e. The van der Waals surface area contributed by atoms with E-state index in [-0.39, 0.29) is 16.8 Å². The number of rotatable bonds is 7. The predicted octanol–water partition coefficient (Wildman–Crippen LogP) is 3.53. The largest absolute Gasteiger partial charge is 0.352 e. The van der Waals surface area contributed by atoms with Gasteiger partial charge in [0.2, 0.25) is 10.0 Å². The van der Waals surface area contributed by atoms with Crippen LogP contribution in [0.1, 0.15) is 41.6 Å². The monoisotopic (exact) mass is 406 g/mol. The molecule has 0 saturated heterocycles. The van der Waals surface area contributed by atoms with Crippen molar-refractivity contribution in [3.8, 4) is 0 Å². The molecule has 0 atom stereocenters. The minimum atomic E-state index is -3.61. The first-order chi connectivity index (χ1) is 12.9. The average Bonchev–Trinajstić information content (AvgIpc) is 3.15. The van der Waals surface area contributed by atoms with Gasteiger partial charge < -0.3 is 5.32 Å². The highest BCUT2D eigenvalue weighted by Crippen LogP contribution is 2.21. The summed E-state index contributed by atoms with van der Waals surface area (Å²) in [5.41, 5.74) is 1.40. The molecular formula is C20H23ClN2O3S. The molecule has 144 valence electrons. The summed E-state index contributed by atoms with van der Waals surface area (Å²) in [6.45, 7) is 0.456. The van der Waals surface area contributed by atoms with Gasteiger partial charge in [-0.2, -0.15) is 0 Å². The molecule has 1 aliphatic rings. The number of hydrogen-bond acceptors (Lipinski definition) is 3. The van der Waals surface area contributed by atoms with Gasteiger partial charge in [0, 0.05) is 23.2 Å². The van der Waals surface area contributed by atoms with Gasteiger partial charge in [-0.3, -0.25) is 4.79 Å². The van der Waals surface area contributed by atoms with Crippen molar-refractivity contribution in [1.82, 2.24) is 10.0 Å². The molecule has 1 aliphatic carbocycles. The van der Waals surface area contributed by atoms with Crippen molar-refractivity contribution in [1.29, 1.82) is 0 Å². The van der Waals surface area contributed by atoms with Gasteiger partial charge in [0.15, 0.2) is 0 Å². The molecule has 2 N–H and O–H groups in total. The summed E-state index contributed by atoms with van der Waals surface area (Å²) in [5.74, 6) is -0.290. The molecular weight excluding hydrogens is 384 g/mol. The minimum absolute atomic E-state index is 0.00754. The Balaban J connectivity index is 1.60. The third-order valence-electron chi connectivity index (χ3n) is 4.70. The van der Waals surface area contributed by atoms with E-state index in [1.54, 1.807) is 12.1 Å². The molecule has 5 nitrogen and oxygen atoms in total. The van der Waals surface area contributed by atoms with Gasteiger partial charge in [-0.15, -0.1) is 0 Å². The fourth-order valence-electron chi connectivity index (χ4n) is 3.21. The molecule has 2 aromatic rings. The Bertz CT molecular complexity index is 892. The Kier molecular flexibility index (Phi) is 6.52. The van der Waals surface area contributed by atoms with Gasteiger partial charge in [-0.05, 0) is 55.2 Å². The van der Waals surface area contributed by atoms with Crippen molar-refractivity contribution in [2.75, 3.05) is 6.54 Å². The molecule has 0 heterocycles. The highest BCUT2D eigenvalue weighted by molar-refractivity contribution is 7.89. The first-order valence-electron chi connectivity index (χ1n) is 9.09. The van der Waals surface area contributed by atoms with Gasteiger partial charge in [0.1, 0.15) is 0 Å². The average molecular weight is 407 g/mol. The summed E-state index contributed by atoms with van der Waals surface area (Å²) in [7, 11) is -3.61. The van der Waals surface area contributed by atoms with Crippen LogP contribution in [0.5, 0.6) is 0 Å². The van der Waals surface area contributed by atoms with E-state index in [1.165, 1.54) is 12.1 Å². The second-order valence-electron chi connectivity index (χ2n) is 6.76. The van der Waals surface area contributed by atoms with Gasteiger partial charge >= 0.3 is 0 Å². The lowest BCUT2D eigenvalue weighted by molar-refractivity contribution is 0.0954. The van der Waals surface area contributed by atoms with Crippen molar-refractivity contribution < 1.29 is 13.2 Å². The fourth-order valence-corrected chi connectivity index (χ4v) is 4.69. The Labute approximate surface area is 165 Å². The summed E-state index contributed by atoms with van der Waals surface area (Å²) >= 11 is 5.86. The van der Waals surface area contributed by atoms with E-state index in [0.717, 1.165) is 31.2 Å². The lowest BCUT2D eigenvalue weighted by Gasteiger charge is -2.13. The van der Waals surface area contributed by atoms with E-state index < -0.39 is 10.0 Å². The quantitative estimate of drug-likeness (QED) is 0.738. The summed E-state index contributed by atoms with van der Waals surface area (Å²) in [4.78, 5) is 12.5. The molecule has 27 heavy (non-hydrogen) atoms. The van der Waals surface area contributed by atoms with Crippen LogP contribution in [0.25, 0.3) is 0 Å². The molecule has 0 aromatic heterocycles. The van der Waals surface area contributed by atoms with Crippen LogP contribution in [-0.4, -0.2) is 26.9 Å². The standard InChI is InChI=1S/C20H23ClN2O3S/c21-17-10-8-15(9-11-17)12-13-22-20(24)16-4-3-7-19(14-16)27(25,26)23-18-5-1-2-6-18/h3-4,7-11,14,18,23H,1-2,5-6,12-13H2,(H,22,24). The molecule has 7 heteroatoms. The zero-order chi connectivity index (χ0) is 19.3. The second-order valence-corrected chi connectivity index (χ2v) is 8.91. The number of nitrogens with one attached hydrogen (secondary N) is 2. The van der Waals surface area contributed by atoms with E-state index in [0.29, 0.717) is 23.6 Å². The maximum Gasteiger partial charge on any atom is 0.251 e. The van der Waals surface area contributed by atoms with E-state index in [2.05, 4.69) is 10.0 Å². The maximum atomic E-state index is 12.5. The number of carbonyl (C=O) groups excluding carboxylic acids is 1. The first-order valence-corrected chi connectivity index (χ1v) is 11.0. The summed E-state index contributed by atoms with van der Waals surface area (Å²) in [6.07, 6.45) is 4.49. The molecule has 1 saturated carbocycles. The molecule has 1 fully saturated rings. The van der Waals surface area contributed by atoms with E-state index in [9.17, 15) is 13.2 Å². The Morgan fingerprint density at radius 1 is 1.07 bits per heavy atom. The van der Waals surface area contributed by atoms with Crippen molar-refractivity contribution >= 4 is 27.5 Å². The van der Waals surface area contributed by atoms with Crippen LogP contribution in [0, 0.1) is 0 Å². The zero-order valence-corrected chi connectivity index (χ0v) is 16.5. The Hall–Kier alpha value is -1.89. The van der Waals surface area contributed by atoms with Crippen LogP contribution >= 0.6 is 11.6 Å². The van der Waals surface area contributed by atoms with Crippen LogP contribution in [0.15, 0.2) is 53.4 Å². The van der Waals surface area contributed by atoms with E-state index in [1.807, 2.05) is 24.3 Å². The lowest BCUT2D eigenvalue weighted by Crippen LogP contribution is -2.33. The molecule has 0 radical (unpaired) electrons. The number of sulfonamides is 1.